The molecule has 0 atom stereocenters. The molecule has 0 radical (unpaired) electrons. The van der Waals surface area contributed by atoms with Gasteiger partial charge in [0, 0.05) is 18.3 Å². The summed E-state index contributed by atoms with van der Waals surface area (Å²) in [5.74, 6) is -2.58. The lowest BCUT2D eigenvalue weighted by Gasteiger charge is -2.20. The van der Waals surface area contributed by atoms with Crippen LogP contribution in [0.15, 0.2) is 24.3 Å². The highest BCUT2D eigenvalue weighted by Crippen LogP contribution is 2.15. The van der Waals surface area contributed by atoms with Crippen molar-refractivity contribution in [3.05, 3.63) is 35.4 Å². The molecule has 0 aliphatic carbocycles. The molecular weight excluding hydrogens is 460 g/mol. The number of carbonyl (C=O) groups is 4. The van der Waals surface area contributed by atoms with Crippen molar-refractivity contribution in [2.75, 3.05) is 26.4 Å². The number of carbonyl (C=O) groups excluding carboxylic acids is 2. The third-order valence-electron chi connectivity index (χ3n) is 4.77. The normalized spacial score (nSPS) is 10.6. The van der Waals surface area contributed by atoms with Crippen molar-refractivity contribution in [1.29, 1.82) is 0 Å². The minimum absolute atomic E-state index is 0.0774. The van der Waals surface area contributed by atoms with Crippen LogP contribution >= 0.6 is 0 Å². The zero-order valence-electron chi connectivity index (χ0n) is 20.5. The van der Waals surface area contributed by atoms with E-state index in [4.69, 9.17) is 29.9 Å². The summed E-state index contributed by atoms with van der Waals surface area (Å²) in [6.45, 7) is 3.51. The van der Waals surface area contributed by atoms with Crippen molar-refractivity contribution in [3.8, 4) is 0 Å². The number of hydrogen-bond acceptors (Lipinski definition) is 8. The van der Waals surface area contributed by atoms with Crippen molar-refractivity contribution in [3.63, 3.8) is 0 Å². The van der Waals surface area contributed by atoms with Crippen LogP contribution in [-0.4, -0.2) is 70.7 Å². The summed E-state index contributed by atoms with van der Waals surface area (Å²) in [5, 5.41) is 34.6. The summed E-state index contributed by atoms with van der Waals surface area (Å²) < 4.78 is 9.75. The van der Waals surface area contributed by atoms with Gasteiger partial charge in [0.1, 0.15) is 6.61 Å². The van der Waals surface area contributed by atoms with Gasteiger partial charge in [-0.05, 0) is 37.1 Å². The monoisotopic (exact) mass is 498 g/mol. The SMILES string of the molecule is CC(C)(CO)COC(=O)c1ccc(C(=O)O)cc1.O=C(O)CCCCCCCCC(=O)OCCO. The van der Waals surface area contributed by atoms with Gasteiger partial charge in [-0.15, -0.1) is 0 Å². The van der Waals surface area contributed by atoms with E-state index in [0.717, 1.165) is 38.5 Å². The Morgan fingerprint density at radius 3 is 1.77 bits per heavy atom. The number of rotatable bonds is 16. The molecule has 0 aromatic heterocycles. The number of hydrogen-bond donors (Lipinski definition) is 4. The standard InChI is InChI=1S/C13H16O5.C12H22O5/c1-13(2,7-14)8-18-12(17)10-5-3-9(4-6-10)11(15)16;13-9-10-17-12(16)8-6-4-2-1-3-5-7-11(14)15/h3-6,14H,7-8H2,1-2H3,(H,15,16);13H,1-10H2,(H,14,15). The molecule has 0 spiro atoms. The number of benzene rings is 1. The topological polar surface area (TPSA) is 168 Å². The van der Waals surface area contributed by atoms with Gasteiger partial charge < -0.3 is 29.9 Å². The summed E-state index contributed by atoms with van der Waals surface area (Å²) in [4.78, 5) is 43.5. The Morgan fingerprint density at radius 1 is 0.771 bits per heavy atom. The quantitative estimate of drug-likeness (QED) is 0.196. The number of carboxylic acids is 2. The molecule has 10 nitrogen and oxygen atoms in total. The highest BCUT2D eigenvalue weighted by atomic mass is 16.5. The highest BCUT2D eigenvalue weighted by molar-refractivity contribution is 5.92. The number of aliphatic hydroxyl groups excluding tert-OH is 2. The molecule has 1 aromatic carbocycles. The molecule has 0 heterocycles. The number of aromatic carboxylic acids is 1. The van der Waals surface area contributed by atoms with Gasteiger partial charge in [0.2, 0.25) is 0 Å². The van der Waals surface area contributed by atoms with Crippen LogP contribution in [0.1, 0.15) is 85.9 Å². The fourth-order valence-electron chi connectivity index (χ4n) is 2.62. The molecule has 198 valence electrons. The highest BCUT2D eigenvalue weighted by Gasteiger charge is 2.19. The van der Waals surface area contributed by atoms with Crippen molar-refractivity contribution < 1.29 is 49.1 Å². The van der Waals surface area contributed by atoms with Crippen LogP contribution in [0.2, 0.25) is 0 Å². The molecule has 4 N–H and O–H groups in total. The van der Waals surface area contributed by atoms with E-state index in [1.54, 1.807) is 13.8 Å². The summed E-state index contributed by atoms with van der Waals surface area (Å²) in [7, 11) is 0. The molecule has 1 rings (SSSR count). The van der Waals surface area contributed by atoms with Crippen molar-refractivity contribution in [1.82, 2.24) is 0 Å². The first-order chi connectivity index (χ1) is 16.5. The minimum atomic E-state index is -1.05. The molecule has 0 bridgehead atoms. The molecule has 1 aromatic rings. The van der Waals surface area contributed by atoms with Gasteiger partial charge in [-0.2, -0.15) is 0 Å². The van der Waals surface area contributed by atoms with E-state index in [1.807, 2.05) is 0 Å². The van der Waals surface area contributed by atoms with E-state index in [1.165, 1.54) is 24.3 Å². The zero-order chi connectivity index (χ0) is 26.7. The van der Waals surface area contributed by atoms with Crippen LogP contribution in [0, 0.1) is 5.41 Å². The van der Waals surface area contributed by atoms with Gasteiger partial charge >= 0.3 is 23.9 Å². The van der Waals surface area contributed by atoms with Crippen LogP contribution in [0.4, 0.5) is 0 Å². The first-order valence-corrected chi connectivity index (χ1v) is 11.6. The Kier molecular flexibility index (Phi) is 16.8. The minimum Gasteiger partial charge on any atom is -0.481 e. The Labute approximate surface area is 205 Å². The molecule has 0 amide bonds. The summed E-state index contributed by atoms with van der Waals surface area (Å²) in [5.41, 5.74) is -0.0904. The van der Waals surface area contributed by atoms with Gasteiger partial charge in [0.15, 0.2) is 0 Å². The van der Waals surface area contributed by atoms with Crippen molar-refractivity contribution in [2.45, 2.75) is 65.2 Å². The average Bonchev–Trinajstić information content (AvgIpc) is 2.83. The lowest BCUT2D eigenvalue weighted by molar-refractivity contribution is -0.144. The predicted octanol–water partition coefficient (Wildman–Crippen LogP) is 3.29. The molecule has 35 heavy (non-hydrogen) atoms. The Hall–Kier alpha value is -2.98. The van der Waals surface area contributed by atoms with Crippen molar-refractivity contribution in [2.24, 2.45) is 5.41 Å². The van der Waals surface area contributed by atoms with Crippen LogP contribution in [0.3, 0.4) is 0 Å². The maximum absolute atomic E-state index is 11.6. The van der Waals surface area contributed by atoms with E-state index in [0.29, 0.717) is 6.42 Å². The fraction of sp³-hybridized carbons (Fsp3) is 0.600. The largest absolute Gasteiger partial charge is 0.481 e. The summed E-state index contributed by atoms with van der Waals surface area (Å²) in [6.07, 6.45) is 6.09. The lowest BCUT2D eigenvalue weighted by Crippen LogP contribution is -2.25. The number of carboxylic acid groups (broad SMARTS) is 2. The van der Waals surface area contributed by atoms with Gasteiger partial charge in [-0.3, -0.25) is 9.59 Å². The first-order valence-electron chi connectivity index (χ1n) is 11.6. The number of esters is 2. The second-order valence-corrected chi connectivity index (χ2v) is 8.74. The van der Waals surface area contributed by atoms with Gasteiger partial charge in [0.05, 0.1) is 30.9 Å². The number of unbranched alkanes of at least 4 members (excludes halogenated alkanes) is 5. The number of aliphatic carboxylic acids is 1. The van der Waals surface area contributed by atoms with Gasteiger partial charge in [0.25, 0.3) is 0 Å². The Balaban J connectivity index is 0.000000662. The van der Waals surface area contributed by atoms with Crippen LogP contribution in [0.5, 0.6) is 0 Å². The smallest absolute Gasteiger partial charge is 0.338 e. The molecule has 0 saturated carbocycles. The maximum Gasteiger partial charge on any atom is 0.338 e. The zero-order valence-corrected chi connectivity index (χ0v) is 20.5. The van der Waals surface area contributed by atoms with E-state index >= 15 is 0 Å². The molecule has 0 fully saturated rings. The molecule has 0 saturated heterocycles. The number of ether oxygens (including phenoxy) is 2. The summed E-state index contributed by atoms with van der Waals surface area (Å²) in [6, 6.07) is 5.49. The predicted molar refractivity (Wildman–Crippen MR) is 127 cm³/mol. The second kappa shape index (κ2) is 18.4. The van der Waals surface area contributed by atoms with E-state index in [2.05, 4.69) is 0 Å². The first kappa shape index (κ1) is 32.0. The number of aliphatic hydroxyl groups is 2. The third kappa shape index (κ3) is 17.2. The van der Waals surface area contributed by atoms with Crippen molar-refractivity contribution >= 4 is 23.9 Å². The van der Waals surface area contributed by atoms with E-state index in [9.17, 15) is 19.2 Å². The molecule has 0 aliphatic heterocycles. The molecule has 0 unspecified atom stereocenters. The lowest BCUT2D eigenvalue weighted by atomic mass is 9.96. The molecular formula is C25H38O10. The van der Waals surface area contributed by atoms with Gasteiger partial charge in [-0.1, -0.05) is 39.5 Å². The van der Waals surface area contributed by atoms with Crippen LogP contribution < -0.4 is 0 Å². The van der Waals surface area contributed by atoms with Gasteiger partial charge in [-0.25, -0.2) is 9.59 Å². The Morgan fingerprint density at radius 2 is 1.29 bits per heavy atom. The molecule has 10 heteroatoms. The molecule has 0 aliphatic rings. The van der Waals surface area contributed by atoms with E-state index in [-0.39, 0.29) is 49.9 Å². The maximum atomic E-state index is 11.6. The van der Waals surface area contributed by atoms with Crippen LogP contribution in [-0.2, 0) is 19.1 Å². The average molecular weight is 499 g/mol. The van der Waals surface area contributed by atoms with E-state index < -0.39 is 23.3 Å². The summed E-state index contributed by atoms with van der Waals surface area (Å²) >= 11 is 0. The third-order valence-corrected chi connectivity index (χ3v) is 4.77. The fourth-order valence-corrected chi connectivity index (χ4v) is 2.62. The van der Waals surface area contributed by atoms with Crippen LogP contribution in [0.25, 0.3) is 0 Å². The second-order valence-electron chi connectivity index (χ2n) is 8.74. The Bertz CT molecular complexity index is 771.